The van der Waals surface area contributed by atoms with E-state index >= 15 is 0 Å². The number of rotatable bonds is 5. The summed E-state index contributed by atoms with van der Waals surface area (Å²) in [5.74, 6) is -0.890. The quantitative estimate of drug-likeness (QED) is 0.405. The minimum Gasteiger partial charge on any atom is -0.465 e. The molecular weight excluding hydrogens is 436 g/mol. The topological polar surface area (TPSA) is 55.0 Å². The first-order chi connectivity index (χ1) is 12.5. The van der Waals surface area contributed by atoms with E-state index < -0.39 is 5.92 Å². The molecule has 0 aliphatic rings. The second-order valence-corrected chi connectivity index (χ2v) is 7.41. The predicted octanol–water partition coefficient (Wildman–Crippen LogP) is 5.60. The van der Waals surface area contributed by atoms with Crippen LogP contribution in [0.25, 0.3) is 10.8 Å². The fourth-order valence-corrected chi connectivity index (χ4v) is 3.51. The minimum atomic E-state index is -0.566. The van der Waals surface area contributed by atoms with Crippen LogP contribution in [0.1, 0.15) is 24.1 Å². The Kier molecular flexibility index (Phi) is 6.06. The molecule has 2 aromatic carbocycles. The summed E-state index contributed by atoms with van der Waals surface area (Å²) >= 11 is 14.9. The van der Waals surface area contributed by atoms with Crippen LogP contribution >= 0.6 is 39.7 Å². The third-order valence-electron chi connectivity index (χ3n) is 4.05. The summed E-state index contributed by atoms with van der Waals surface area (Å²) in [5.41, 5.74) is 1.54. The van der Waals surface area contributed by atoms with Gasteiger partial charge in [-0.25, -0.2) is 0 Å². The first-order valence-corrected chi connectivity index (χ1v) is 9.67. The molecule has 7 heteroatoms. The standard InChI is InChI=1S/C19H16BrClN2O2S/c1-2-25-19(24)14(9-11-7-8-15(20)16(21)10-11)17-12-5-3-4-6-13(12)18(26)23-22-17/h3-8,10,14H,2,9H2,1H3,(H,23,26). The van der Waals surface area contributed by atoms with Crippen molar-refractivity contribution in [2.24, 2.45) is 0 Å². The van der Waals surface area contributed by atoms with Crippen LogP contribution < -0.4 is 0 Å². The molecule has 26 heavy (non-hydrogen) atoms. The van der Waals surface area contributed by atoms with E-state index in [0.29, 0.717) is 28.4 Å². The fourth-order valence-electron chi connectivity index (χ4n) is 2.84. The smallest absolute Gasteiger partial charge is 0.315 e. The molecule has 0 aliphatic carbocycles. The zero-order valence-corrected chi connectivity index (χ0v) is 17.1. The van der Waals surface area contributed by atoms with Crippen LogP contribution in [0.3, 0.4) is 0 Å². The van der Waals surface area contributed by atoms with Crippen LogP contribution in [0.2, 0.25) is 5.02 Å². The Balaban J connectivity index is 2.10. The minimum absolute atomic E-state index is 0.303. The van der Waals surface area contributed by atoms with Crippen molar-refractivity contribution >= 4 is 56.5 Å². The van der Waals surface area contributed by atoms with Crippen molar-refractivity contribution < 1.29 is 9.53 Å². The highest BCUT2D eigenvalue weighted by molar-refractivity contribution is 9.10. The number of nitrogens with zero attached hydrogens (tertiary/aromatic N) is 1. The number of H-pyrrole nitrogens is 1. The summed E-state index contributed by atoms with van der Waals surface area (Å²) in [4.78, 5) is 12.7. The summed E-state index contributed by atoms with van der Waals surface area (Å²) in [6.07, 6.45) is 0.424. The highest BCUT2D eigenvalue weighted by Crippen LogP contribution is 2.30. The lowest BCUT2D eigenvalue weighted by Crippen LogP contribution is -2.20. The Hall–Kier alpha value is -1.76. The predicted molar refractivity (Wildman–Crippen MR) is 109 cm³/mol. The molecule has 0 saturated heterocycles. The Labute approximate surface area is 169 Å². The monoisotopic (exact) mass is 450 g/mol. The lowest BCUT2D eigenvalue weighted by molar-refractivity contribution is -0.145. The Morgan fingerprint density at radius 3 is 2.73 bits per heavy atom. The molecule has 4 nitrogen and oxygen atoms in total. The largest absolute Gasteiger partial charge is 0.465 e. The summed E-state index contributed by atoms with van der Waals surface area (Å²) in [6, 6.07) is 13.3. The molecule has 1 N–H and O–H groups in total. The van der Waals surface area contributed by atoms with E-state index in [9.17, 15) is 4.79 Å². The summed E-state index contributed by atoms with van der Waals surface area (Å²) in [7, 11) is 0. The molecule has 0 radical (unpaired) electrons. The highest BCUT2D eigenvalue weighted by Gasteiger charge is 2.26. The number of carbonyl (C=O) groups is 1. The number of benzene rings is 2. The van der Waals surface area contributed by atoms with E-state index in [1.165, 1.54) is 0 Å². The van der Waals surface area contributed by atoms with Gasteiger partial charge in [-0.15, -0.1) is 0 Å². The maximum Gasteiger partial charge on any atom is 0.315 e. The lowest BCUT2D eigenvalue weighted by atomic mass is 9.93. The van der Waals surface area contributed by atoms with Gasteiger partial charge in [0.2, 0.25) is 0 Å². The van der Waals surface area contributed by atoms with Crippen molar-refractivity contribution in [1.82, 2.24) is 10.2 Å². The van der Waals surface area contributed by atoms with Gasteiger partial charge in [0.25, 0.3) is 0 Å². The number of fused-ring (bicyclic) bond motifs is 1. The second kappa shape index (κ2) is 8.29. The van der Waals surface area contributed by atoms with E-state index in [2.05, 4.69) is 26.1 Å². The Morgan fingerprint density at radius 2 is 2.04 bits per heavy atom. The van der Waals surface area contributed by atoms with Gasteiger partial charge in [0.15, 0.2) is 0 Å². The number of aromatic nitrogens is 2. The van der Waals surface area contributed by atoms with E-state index in [1.807, 2.05) is 42.5 Å². The average Bonchev–Trinajstić information content (AvgIpc) is 2.64. The number of hydrogen-bond donors (Lipinski definition) is 1. The molecule has 0 amide bonds. The second-order valence-electron chi connectivity index (χ2n) is 5.74. The normalized spacial score (nSPS) is 12.1. The molecule has 0 spiro atoms. The molecule has 1 atom stereocenters. The van der Waals surface area contributed by atoms with Crippen molar-refractivity contribution in [3.8, 4) is 0 Å². The lowest BCUT2D eigenvalue weighted by Gasteiger charge is -2.17. The maximum atomic E-state index is 12.7. The molecule has 0 bridgehead atoms. The third-order valence-corrected chi connectivity index (χ3v) is 5.59. The molecule has 1 heterocycles. The third kappa shape index (κ3) is 3.98. The van der Waals surface area contributed by atoms with E-state index in [1.54, 1.807) is 6.92 Å². The highest BCUT2D eigenvalue weighted by atomic mass is 79.9. The first kappa shape index (κ1) is 19.0. The number of carbonyl (C=O) groups excluding carboxylic acids is 1. The van der Waals surface area contributed by atoms with Crippen molar-refractivity contribution in [3.05, 3.63) is 67.9 Å². The van der Waals surface area contributed by atoms with Crippen LogP contribution in [0.15, 0.2) is 46.9 Å². The number of hydrogen-bond acceptors (Lipinski definition) is 4. The molecule has 0 saturated carbocycles. The van der Waals surface area contributed by atoms with Crippen LogP contribution in [0, 0.1) is 4.64 Å². The zero-order valence-electron chi connectivity index (χ0n) is 14.0. The molecule has 0 aliphatic heterocycles. The van der Waals surface area contributed by atoms with Crippen LogP contribution in [0.5, 0.6) is 0 Å². The maximum absolute atomic E-state index is 12.7. The zero-order chi connectivity index (χ0) is 18.7. The van der Waals surface area contributed by atoms with Crippen LogP contribution in [0.4, 0.5) is 0 Å². The van der Waals surface area contributed by atoms with Gasteiger partial charge < -0.3 is 4.74 Å². The van der Waals surface area contributed by atoms with Gasteiger partial charge in [0, 0.05) is 15.2 Å². The van der Waals surface area contributed by atoms with Crippen molar-refractivity contribution in [1.29, 1.82) is 0 Å². The molecule has 1 unspecified atom stereocenters. The van der Waals surface area contributed by atoms with Gasteiger partial charge in [-0.05, 0) is 47.0 Å². The van der Waals surface area contributed by atoms with Gasteiger partial charge in [-0.3, -0.25) is 9.89 Å². The van der Waals surface area contributed by atoms with Gasteiger partial charge >= 0.3 is 5.97 Å². The van der Waals surface area contributed by atoms with Crippen LogP contribution in [-0.2, 0) is 16.0 Å². The molecule has 134 valence electrons. The number of nitrogens with one attached hydrogen (secondary N) is 1. The van der Waals surface area contributed by atoms with Gasteiger partial charge in [-0.2, -0.15) is 5.10 Å². The van der Waals surface area contributed by atoms with Crippen LogP contribution in [-0.4, -0.2) is 22.8 Å². The van der Waals surface area contributed by atoms with Crippen molar-refractivity contribution in [2.45, 2.75) is 19.3 Å². The van der Waals surface area contributed by atoms with Crippen molar-refractivity contribution in [3.63, 3.8) is 0 Å². The number of ether oxygens (including phenoxy) is 1. The first-order valence-electron chi connectivity index (χ1n) is 8.09. The molecule has 1 aromatic heterocycles. The van der Waals surface area contributed by atoms with Gasteiger partial charge in [-0.1, -0.05) is 54.2 Å². The summed E-state index contributed by atoms with van der Waals surface area (Å²) in [5, 5.41) is 9.52. The van der Waals surface area contributed by atoms with E-state index in [0.717, 1.165) is 20.8 Å². The molecule has 3 aromatic rings. The van der Waals surface area contributed by atoms with Crippen molar-refractivity contribution in [2.75, 3.05) is 6.61 Å². The van der Waals surface area contributed by atoms with Gasteiger partial charge in [0.05, 0.1) is 17.3 Å². The molecule has 0 fully saturated rings. The Bertz CT molecular complexity index is 1020. The van der Waals surface area contributed by atoms with Gasteiger partial charge in [0.1, 0.15) is 10.6 Å². The number of esters is 1. The number of halogens is 2. The number of aromatic amines is 1. The van der Waals surface area contributed by atoms with E-state index in [4.69, 9.17) is 28.6 Å². The SMILES string of the molecule is CCOC(=O)C(Cc1ccc(Br)c(Cl)c1)c1n[nH]c(=S)c2ccccc12. The average molecular weight is 452 g/mol. The Morgan fingerprint density at radius 1 is 1.31 bits per heavy atom. The van der Waals surface area contributed by atoms with E-state index in [-0.39, 0.29) is 5.97 Å². The molecular formula is C19H16BrClN2O2S. The summed E-state index contributed by atoms with van der Waals surface area (Å²) < 4.78 is 6.65. The fraction of sp³-hybridized carbons (Fsp3) is 0.211. The molecule has 3 rings (SSSR count). The summed E-state index contributed by atoms with van der Waals surface area (Å²) in [6.45, 7) is 2.09.